The Morgan fingerprint density at radius 3 is 2.60 bits per heavy atom. The first-order chi connectivity index (χ1) is 20.2. The molecule has 42 heavy (non-hydrogen) atoms. The molecular formula is C33H45ClN2O6. The zero-order chi connectivity index (χ0) is 30.7. The number of hydrogen-bond donors (Lipinski definition) is 1. The second-order valence-electron chi connectivity index (χ2n) is 11.9. The van der Waals surface area contributed by atoms with Crippen molar-refractivity contribution in [1.82, 2.24) is 4.90 Å². The van der Waals surface area contributed by atoms with E-state index >= 15 is 0 Å². The van der Waals surface area contributed by atoms with Crippen molar-refractivity contribution in [2.24, 2.45) is 17.8 Å². The van der Waals surface area contributed by atoms with Crippen LogP contribution in [0.5, 0.6) is 0 Å². The maximum atomic E-state index is 14.8. The largest absolute Gasteiger partial charge is 0.465 e. The number of hydrogen-bond acceptors (Lipinski definition) is 6. The first-order valence-electron chi connectivity index (χ1n) is 15.2. The van der Waals surface area contributed by atoms with Gasteiger partial charge in [0.1, 0.15) is 17.6 Å². The number of allylic oxidation sites excluding steroid dienone is 1. The number of carbonyl (C=O) groups excluding carboxylic acids is 3. The van der Waals surface area contributed by atoms with E-state index in [1.165, 1.54) is 9.80 Å². The van der Waals surface area contributed by atoms with Crippen molar-refractivity contribution < 1.29 is 29.0 Å². The van der Waals surface area contributed by atoms with Gasteiger partial charge in [-0.1, -0.05) is 63.1 Å². The van der Waals surface area contributed by atoms with Crippen LogP contribution in [0, 0.1) is 17.8 Å². The van der Waals surface area contributed by atoms with Gasteiger partial charge in [0.25, 0.3) is 5.91 Å². The SMILES string of the molecule is C=CCCCCOC(=O)[C@@H]1[C@H]2C(=O)N([C@@H](CO)[C@@H](C)CC)C(C(=O)N(CC=C)c3ccccc3Cl)C23CC[C@@]1(CC)O3. The van der Waals surface area contributed by atoms with Crippen LogP contribution in [-0.2, 0) is 23.9 Å². The van der Waals surface area contributed by atoms with Crippen LogP contribution in [0.1, 0.15) is 65.7 Å². The quantitative estimate of drug-likeness (QED) is 0.166. The van der Waals surface area contributed by atoms with Gasteiger partial charge in [-0.3, -0.25) is 14.4 Å². The first-order valence-corrected chi connectivity index (χ1v) is 15.6. The van der Waals surface area contributed by atoms with E-state index in [9.17, 15) is 19.5 Å². The minimum atomic E-state index is -1.24. The number of aliphatic hydroxyl groups is 1. The number of likely N-dealkylation sites (tertiary alicyclic amines) is 1. The molecule has 8 nitrogen and oxygen atoms in total. The molecule has 3 fully saturated rings. The molecule has 1 N–H and O–H groups in total. The van der Waals surface area contributed by atoms with Gasteiger partial charge in [0.15, 0.2) is 0 Å². The van der Waals surface area contributed by atoms with Crippen molar-refractivity contribution in [1.29, 1.82) is 0 Å². The number of nitrogens with zero attached hydrogens (tertiary/aromatic N) is 2. The van der Waals surface area contributed by atoms with Gasteiger partial charge >= 0.3 is 5.97 Å². The predicted octanol–water partition coefficient (Wildman–Crippen LogP) is 5.32. The van der Waals surface area contributed by atoms with Gasteiger partial charge in [-0.05, 0) is 56.6 Å². The number of para-hydroxylation sites is 1. The van der Waals surface area contributed by atoms with E-state index in [2.05, 4.69) is 13.2 Å². The average molecular weight is 601 g/mol. The molecule has 230 valence electrons. The van der Waals surface area contributed by atoms with Gasteiger partial charge < -0.3 is 24.4 Å². The fraction of sp³-hybridized carbons (Fsp3) is 0.606. The summed E-state index contributed by atoms with van der Waals surface area (Å²) < 4.78 is 12.6. The Hall–Kier alpha value is -2.68. The van der Waals surface area contributed by atoms with Crippen LogP contribution in [0.3, 0.4) is 0 Å². The van der Waals surface area contributed by atoms with E-state index in [0.29, 0.717) is 42.8 Å². The van der Waals surface area contributed by atoms with Crippen LogP contribution in [-0.4, -0.2) is 70.8 Å². The molecule has 7 atom stereocenters. The molecule has 2 bridgehead atoms. The number of rotatable bonds is 15. The molecule has 2 amide bonds. The molecule has 1 spiro atoms. The first kappa shape index (κ1) is 32.2. The normalized spacial score (nSPS) is 29.2. The monoisotopic (exact) mass is 600 g/mol. The molecule has 0 radical (unpaired) electrons. The van der Waals surface area contributed by atoms with Crippen molar-refractivity contribution in [3.05, 3.63) is 54.6 Å². The van der Waals surface area contributed by atoms with Crippen LogP contribution in [0.25, 0.3) is 0 Å². The Bertz CT molecular complexity index is 1190. The van der Waals surface area contributed by atoms with E-state index in [-0.39, 0.29) is 37.5 Å². The highest BCUT2D eigenvalue weighted by atomic mass is 35.5. The molecule has 0 saturated carbocycles. The third kappa shape index (κ3) is 5.31. The molecule has 4 rings (SSSR count). The number of fused-ring (bicyclic) bond motifs is 1. The van der Waals surface area contributed by atoms with E-state index in [1.54, 1.807) is 30.3 Å². The summed E-state index contributed by atoms with van der Waals surface area (Å²) in [4.78, 5) is 46.2. The number of esters is 1. The molecule has 0 aliphatic carbocycles. The number of benzene rings is 1. The molecule has 1 aromatic rings. The van der Waals surface area contributed by atoms with Gasteiger partial charge in [0.2, 0.25) is 5.91 Å². The lowest BCUT2D eigenvalue weighted by Gasteiger charge is -2.41. The molecule has 3 aliphatic rings. The van der Waals surface area contributed by atoms with Gasteiger partial charge in [-0.25, -0.2) is 0 Å². The van der Waals surface area contributed by atoms with Crippen molar-refractivity contribution in [2.45, 2.75) is 89.0 Å². The summed E-state index contributed by atoms with van der Waals surface area (Å²) in [5, 5.41) is 11.0. The molecule has 1 aromatic carbocycles. The second kappa shape index (κ2) is 13.3. The van der Waals surface area contributed by atoms with E-state index in [4.69, 9.17) is 21.1 Å². The van der Waals surface area contributed by atoms with Gasteiger partial charge in [0, 0.05) is 6.54 Å². The molecule has 3 heterocycles. The fourth-order valence-electron chi connectivity index (χ4n) is 7.37. The lowest BCUT2D eigenvalue weighted by atomic mass is 9.65. The number of aliphatic hydroxyl groups excluding tert-OH is 1. The predicted molar refractivity (Wildman–Crippen MR) is 163 cm³/mol. The Morgan fingerprint density at radius 2 is 1.98 bits per heavy atom. The smallest absolute Gasteiger partial charge is 0.312 e. The number of unbranched alkanes of at least 4 members (excludes halogenated alkanes) is 2. The van der Waals surface area contributed by atoms with Crippen LogP contribution < -0.4 is 4.90 Å². The third-order valence-corrected chi connectivity index (χ3v) is 10.0. The summed E-state index contributed by atoms with van der Waals surface area (Å²) in [5.74, 6) is -3.00. The highest BCUT2D eigenvalue weighted by Gasteiger charge is 2.79. The zero-order valence-corrected chi connectivity index (χ0v) is 25.9. The zero-order valence-electron chi connectivity index (χ0n) is 25.1. The molecular weight excluding hydrogens is 556 g/mol. The molecule has 3 saturated heterocycles. The van der Waals surface area contributed by atoms with Crippen molar-refractivity contribution >= 4 is 35.1 Å². The highest BCUT2D eigenvalue weighted by Crippen LogP contribution is 2.65. The summed E-state index contributed by atoms with van der Waals surface area (Å²) in [6.07, 6.45) is 7.98. The van der Waals surface area contributed by atoms with Crippen LogP contribution in [0.2, 0.25) is 5.02 Å². The topological polar surface area (TPSA) is 96.4 Å². The van der Waals surface area contributed by atoms with E-state index < -0.39 is 41.1 Å². The average Bonchev–Trinajstić information content (AvgIpc) is 3.60. The molecule has 9 heteroatoms. The van der Waals surface area contributed by atoms with Crippen molar-refractivity contribution in [3.8, 4) is 0 Å². The van der Waals surface area contributed by atoms with Crippen molar-refractivity contribution in [3.63, 3.8) is 0 Å². The Labute approximate surface area is 254 Å². The summed E-state index contributed by atoms with van der Waals surface area (Å²) in [6.45, 7) is 13.6. The van der Waals surface area contributed by atoms with E-state index in [0.717, 1.165) is 12.8 Å². The third-order valence-electron chi connectivity index (χ3n) is 9.72. The Morgan fingerprint density at radius 1 is 1.24 bits per heavy atom. The number of carbonyl (C=O) groups is 3. The lowest BCUT2D eigenvalue weighted by Crippen LogP contribution is -2.60. The number of halogens is 1. The Kier molecular flexibility index (Phi) is 10.2. The minimum absolute atomic E-state index is 0.106. The van der Waals surface area contributed by atoms with Gasteiger partial charge in [-0.15, -0.1) is 13.2 Å². The van der Waals surface area contributed by atoms with Crippen LogP contribution in [0.15, 0.2) is 49.6 Å². The highest BCUT2D eigenvalue weighted by molar-refractivity contribution is 6.34. The lowest BCUT2D eigenvalue weighted by molar-refractivity contribution is -0.162. The number of amides is 2. The summed E-state index contributed by atoms with van der Waals surface area (Å²) in [5.41, 5.74) is -1.64. The standard InChI is InChI=1S/C33H45ClN2O6/c1-6-10-11-14-20-41-31(40)27-26-29(38)36(25(21-37)22(5)8-3)28(33(26)18-17-32(27,9-4)42-33)30(39)35(19-7-2)24-16-13-12-15-23(24)34/h6-7,12-13,15-16,22,25-28,37H,1-2,8-11,14,17-21H2,3-5H3/t22-,25-,26-,27-,28?,32+,33?/m0/s1. The minimum Gasteiger partial charge on any atom is -0.465 e. The molecule has 2 unspecified atom stereocenters. The van der Waals surface area contributed by atoms with Crippen LogP contribution >= 0.6 is 11.6 Å². The van der Waals surface area contributed by atoms with Crippen molar-refractivity contribution in [2.75, 3.05) is 24.7 Å². The summed E-state index contributed by atoms with van der Waals surface area (Å²) >= 11 is 6.56. The maximum absolute atomic E-state index is 14.8. The van der Waals surface area contributed by atoms with Crippen LogP contribution in [0.4, 0.5) is 5.69 Å². The van der Waals surface area contributed by atoms with E-state index in [1.807, 2.05) is 26.8 Å². The number of ether oxygens (including phenoxy) is 2. The maximum Gasteiger partial charge on any atom is 0.312 e. The Balaban J connectivity index is 1.81. The second-order valence-corrected chi connectivity index (χ2v) is 12.3. The van der Waals surface area contributed by atoms with Gasteiger partial charge in [0.05, 0.1) is 41.5 Å². The molecule has 0 aromatic heterocycles. The summed E-state index contributed by atoms with van der Waals surface area (Å²) in [7, 11) is 0. The van der Waals surface area contributed by atoms with Gasteiger partial charge in [-0.2, -0.15) is 0 Å². The summed E-state index contributed by atoms with van der Waals surface area (Å²) in [6, 6.07) is 5.35. The molecule has 3 aliphatic heterocycles. The number of anilines is 1. The fourth-order valence-corrected chi connectivity index (χ4v) is 7.61.